The summed E-state index contributed by atoms with van der Waals surface area (Å²) in [4.78, 5) is 0. The zero-order valence-corrected chi connectivity index (χ0v) is 20.6. The minimum absolute atomic E-state index is 0.0337. The van der Waals surface area contributed by atoms with E-state index in [-0.39, 0.29) is 21.7 Å². The van der Waals surface area contributed by atoms with Gasteiger partial charge in [0.1, 0.15) is 11.5 Å². The Morgan fingerprint density at radius 3 is 2.41 bits per heavy atom. The smallest absolute Gasteiger partial charge is 0.191 e. The van der Waals surface area contributed by atoms with Crippen LogP contribution >= 0.6 is 31.9 Å². The maximum absolute atomic E-state index is 6.18. The van der Waals surface area contributed by atoms with Crippen LogP contribution in [-0.4, -0.2) is 30.5 Å². The van der Waals surface area contributed by atoms with Gasteiger partial charge >= 0.3 is 0 Å². The number of rotatable bonds is 8. The molecule has 0 aliphatic heterocycles. The Labute approximate surface area is 190 Å². The van der Waals surface area contributed by atoms with E-state index in [2.05, 4.69) is 44.5 Å². The Morgan fingerprint density at radius 2 is 1.83 bits per heavy atom. The molecule has 3 unspecified atom stereocenters. The van der Waals surface area contributed by atoms with E-state index in [1.54, 1.807) is 14.2 Å². The molecule has 0 radical (unpaired) electrons. The second-order valence-corrected chi connectivity index (χ2v) is 12.3. The largest absolute Gasteiger partial charge is 0.496 e. The summed E-state index contributed by atoms with van der Waals surface area (Å²) in [7, 11) is 3.30. The molecule has 1 aromatic rings. The second-order valence-electron chi connectivity index (χ2n) is 8.78. The topological polar surface area (TPSA) is 36.9 Å². The van der Waals surface area contributed by atoms with E-state index in [4.69, 9.17) is 18.9 Å². The van der Waals surface area contributed by atoms with Crippen molar-refractivity contribution in [2.24, 2.45) is 17.8 Å². The van der Waals surface area contributed by atoms with E-state index < -0.39 is 0 Å². The minimum Gasteiger partial charge on any atom is -0.496 e. The summed E-state index contributed by atoms with van der Waals surface area (Å²) in [5, 5.41) is 0. The quantitative estimate of drug-likeness (QED) is 0.294. The summed E-state index contributed by atoms with van der Waals surface area (Å²) in [6.45, 7) is 5.99. The van der Waals surface area contributed by atoms with Crippen molar-refractivity contribution >= 4 is 37.9 Å². The molecule has 0 N–H and O–H groups in total. The van der Waals surface area contributed by atoms with Crippen LogP contribution in [-0.2, 0) is 14.9 Å². The van der Waals surface area contributed by atoms with E-state index in [1.807, 2.05) is 19.1 Å². The molecule has 4 nitrogen and oxygen atoms in total. The highest BCUT2D eigenvalue weighted by Crippen LogP contribution is 2.71. The molecule has 4 aliphatic carbocycles. The number of alkyl halides is 2. The third-order valence-corrected chi connectivity index (χ3v) is 10.1. The van der Waals surface area contributed by atoms with E-state index in [1.165, 1.54) is 24.8 Å². The van der Waals surface area contributed by atoms with Crippen LogP contribution in [0.1, 0.15) is 50.2 Å². The summed E-state index contributed by atoms with van der Waals surface area (Å²) in [5.74, 6) is 3.77. The molecule has 1 aromatic carbocycles. The standard InChI is InChI=1S/C23H30Br2O4/c1-5-17-9-19(21(10-20(17)27-4)29-13-28-14(2)26-3)22-11-15-6-16(12-22)8-18(7-15)23(22,24)25/h5,9-10,14-16,18H,1,6-8,11-13H2,2-4H3. The van der Waals surface area contributed by atoms with Crippen molar-refractivity contribution in [2.75, 3.05) is 21.0 Å². The van der Waals surface area contributed by atoms with E-state index in [0.29, 0.717) is 5.92 Å². The average molecular weight is 530 g/mol. The maximum atomic E-state index is 6.18. The van der Waals surface area contributed by atoms with Crippen molar-refractivity contribution in [1.82, 2.24) is 0 Å². The van der Waals surface area contributed by atoms with Gasteiger partial charge in [0.15, 0.2) is 13.1 Å². The minimum atomic E-state index is -0.321. The number of benzene rings is 1. The SMILES string of the molecule is C=Cc1cc(C23CC4CC(CC(C4)C2(Br)Br)C3)c(OCOC(C)OC)cc1OC. The molecule has 3 atom stereocenters. The molecule has 4 saturated carbocycles. The van der Waals surface area contributed by atoms with Crippen molar-refractivity contribution < 1.29 is 18.9 Å². The van der Waals surface area contributed by atoms with Crippen molar-refractivity contribution in [3.8, 4) is 11.5 Å². The number of halogens is 2. The second kappa shape index (κ2) is 8.18. The first-order chi connectivity index (χ1) is 13.8. The number of hydrogen-bond donors (Lipinski definition) is 0. The number of hydrogen-bond acceptors (Lipinski definition) is 4. The molecule has 0 saturated heterocycles. The number of ether oxygens (including phenoxy) is 4. The Morgan fingerprint density at radius 1 is 1.14 bits per heavy atom. The van der Waals surface area contributed by atoms with Gasteiger partial charge in [-0.25, -0.2) is 0 Å². The van der Waals surface area contributed by atoms with Gasteiger partial charge in [-0.2, -0.15) is 0 Å². The lowest BCUT2D eigenvalue weighted by molar-refractivity contribution is -0.150. The van der Waals surface area contributed by atoms with Crippen LogP contribution in [0, 0.1) is 17.8 Å². The summed E-state index contributed by atoms with van der Waals surface area (Å²) in [6, 6.07) is 4.20. The molecule has 6 heteroatoms. The van der Waals surface area contributed by atoms with Crippen LogP contribution in [0.3, 0.4) is 0 Å². The summed E-state index contributed by atoms with van der Waals surface area (Å²) < 4.78 is 22.5. The molecule has 0 spiro atoms. The van der Waals surface area contributed by atoms with Gasteiger partial charge in [0.25, 0.3) is 0 Å². The van der Waals surface area contributed by atoms with E-state index in [9.17, 15) is 0 Å². The van der Waals surface area contributed by atoms with Gasteiger partial charge in [-0.3, -0.25) is 0 Å². The van der Waals surface area contributed by atoms with Crippen LogP contribution in [0.25, 0.3) is 6.08 Å². The lowest BCUT2D eigenvalue weighted by atomic mass is 9.47. The van der Waals surface area contributed by atoms with Gasteiger partial charge in [-0.15, -0.1) is 0 Å². The first-order valence-corrected chi connectivity index (χ1v) is 11.9. The van der Waals surface area contributed by atoms with Crippen molar-refractivity contribution in [3.63, 3.8) is 0 Å². The van der Waals surface area contributed by atoms with Crippen molar-refractivity contribution in [2.45, 2.75) is 54.0 Å². The van der Waals surface area contributed by atoms with Crippen molar-refractivity contribution in [1.29, 1.82) is 0 Å². The molecule has 0 amide bonds. The van der Waals surface area contributed by atoms with Gasteiger partial charge in [0, 0.05) is 29.7 Å². The fourth-order valence-electron chi connectivity index (χ4n) is 5.99. The fourth-order valence-corrected chi connectivity index (χ4v) is 7.82. The first-order valence-electron chi connectivity index (χ1n) is 10.3. The van der Waals surface area contributed by atoms with Crippen LogP contribution in [0.4, 0.5) is 0 Å². The molecular formula is C23H30Br2O4. The Balaban J connectivity index is 1.77. The van der Waals surface area contributed by atoms with Crippen LogP contribution in [0.5, 0.6) is 11.5 Å². The predicted molar refractivity (Wildman–Crippen MR) is 122 cm³/mol. The Kier molecular flexibility index (Phi) is 6.11. The molecule has 0 aromatic heterocycles. The monoisotopic (exact) mass is 528 g/mol. The van der Waals surface area contributed by atoms with Gasteiger partial charge < -0.3 is 18.9 Å². The fraction of sp³-hybridized carbons (Fsp3) is 0.652. The molecule has 29 heavy (non-hydrogen) atoms. The highest BCUT2D eigenvalue weighted by molar-refractivity contribution is 9.25. The van der Waals surface area contributed by atoms with Gasteiger partial charge in [-0.05, 0) is 62.8 Å². The highest BCUT2D eigenvalue weighted by atomic mass is 79.9. The average Bonchev–Trinajstić information content (AvgIpc) is 2.70. The first kappa shape index (κ1) is 21.7. The third kappa shape index (κ3) is 3.58. The molecule has 5 rings (SSSR count). The summed E-state index contributed by atoms with van der Waals surface area (Å²) in [6.07, 6.45) is 7.81. The van der Waals surface area contributed by atoms with Crippen molar-refractivity contribution in [3.05, 3.63) is 29.8 Å². The lowest BCUT2D eigenvalue weighted by Crippen LogP contribution is -2.61. The van der Waals surface area contributed by atoms with Crippen LogP contribution < -0.4 is 9.47 Å². The third-order valence-electron chi connectivity index (χ3n) is 7.24. The van der Waals surface area contributed by atoms with Gasteiger partial charge in [0.2, 0.25) is 0 Å². The molecule has 4 fully saturated rings. The summed E-state index contributed by atoms with van der Waals surface area (Å²) in [5.41, 5.74) is 2.18. The zero-order valence-electron chi connectivity index (χ0n) is 17.4. The van der Waals surface area contributed by atoms with Crippen LogP contribution in [0.15, 0.2) is 18.7 Å². The lowest BCUT2D eigenvalue weighted by Gasteiger charge is -2.64. The Bertz CT molecular complexity index is 764. The molecule has 4 bridgehead atoms. The Hall–Kier alpha value is -0.560. The summed E-state index contributed by atoms with van der Waals surface area (Å²) >= 11 is 8.30. The zero-order chi connectivity index (χ0) is 20.8. The maximum Gasteiger partial charge on any atom is 0.191 e. The number of methoxy groups -OCH3 is 2. The predicted octanol–water partition coefficient (Wildman–Crippen LogP) is 6.25. The molecule has 4 aliphatic rings. The highest BCUT2D eigenvalue weighted by Gasteiger charge is 2.65. The van der Waals surface area contributed by atoms with Crippen LogP contribution in [0.2, 0.25) is 0 Å². The van der Waals surface area contributed by atoms with Gasteiger partial charge in [-0.1, -0.05) is 44.5 Å². The van der Waals surface area contributed by atoms with Gasteiger partial charge in [0.05, 0.1) is 10.3 Å². The molecule has 160 valence electrons. The normalized spacial score (nSPS) is 32.8. The molecular weight excluding hydrogens is 500 g/mol. The van der Waals surface area contributed by atoms with E-state index >= 15 is 0 Å². The molecule has 0 heterocycles. The van der Waals surface area contributed by atoms with E-state index in [0.717, 1.165) is 41.7 Å².